The van der Waals surface area contributed by atoms with Gasteiger partial charge in [0.05, 0.1) is 0 Å². The second-order valence-corrected chi connectivity index (χ2v) is 6.22. The van der Waals surface area contributed by atoms with Crippen LogP contribution in [0, 0.1) is 5.82 Å². The lowest BCUT2D eigenvalue weighted by Crippen LogP contribution is -2.04. The summed E-state index contributed by atoms with van der Waals surface area (Å²) in [4.78, 5) is 8.89. The molecule has 21 heavy (non-hydrogen) atoms. The third-order valence-electron chi connectivity index (χ3n) is 3.90. The second-order valence-electron chi connectivity index (χ2n) is 5.43. The van der Waals surface area contributed by atoms with E-state index in [1.807, 2.05) is 6.07 Å². The van der Waals surface area contributed by atoms with E-state index in [1.54, 1.807) is 6.07 Å². The fraction of sp³-hybridized carbons (Fsp3) is 0.375. The van der Waals surface area contributed by atoms with Gasteiger partial charge < -0.3 is 0 Å². The van der Waals surface area contributed by atoms with Crippen molar-refractivity contribution in [3.8, 4) is 0 Å². The zero-order valence-electron chi connectivity index (χ0n) is 11.5. The topological polar surface area (TPSA) is 25.8 Å². The Bertz CT molecular complexity index is 655. The van der Waals surface area contributed by atoms with Crippen molar-refractivity contribution in [1.29, 1.82) is 0 Å². The number of hydrogen-bond acceptors (Lipinski definition) is 2. The molecule has 0 aliphatic heterocycles. The molecule has 1 aliphatic rings. The van der Waals surface area contributed by atoms with Crippen molar-refractivity contribution >= 4 is 23.2 Å². The molecule has 2 nitrogen and oxygen atoms in total. The summed E-state index contributed by atoms with van der Waals surface area (Å²) in [5.41, 5.74) is 1.82. The molecule has 1 aromatic carbocycles. The lowest BCUT2D eigenvalue weighted by Gasteiger charge is -2.11. The van der Waals surface area contributed by atoms with E-state index in [4.69, 9.17) is 23.2 Å². The molecule has 0 saturated heterocycles. The fourth-order valence-electron chi connectivity index (χ4n) is 2.83. The summed E-state index contributed by atoms with van der Waals surface area (Å²) in [7, 11) is 0. The molecule has 1 saturated carbocycles. The van der Waals surface area contributed by atoms with Crippen LogP contribution in [0.4, 0.5) is 4.39 Å². The molecule has 0 bridgehead atoms. The smallest absolute Gasteiger partial charge is 0.134 e. The van der Waals surface area contributed by atoms with Crippen LogP contribution in [0.1, 0.15) is 48.7 Å². The Morgan fingerprint density at radius 3 is 2.57 bits per heavy atom. The molecule has 0 amide bonds. The summed E-state index contributed by atoms with van der Waals surface area (Å²) in [5.74, 6) is 0.772. The normalized spacial score (nSPS) is 15.6. The number of nitrogens with zero attached hydrogens (tertiary/aromatic N) is 2. The Labute approximate surface area is 133 Å². The molecule has 0 atom stereocenters. The molecular weight excluding hydrogens is 310 g/mol. The molecule has 0 spiro atoms. The van der Waals surface area contributed by atoms with Gasteiger partial charge in [-0.2, -0.15) is 0 Å². The van der Waals surface area contributed by atoms with E-state index < -0.39 is 0 Å². The Balaban J connectivity index is 1.87. The van der Waals surface area contributed by atoms with E-state index in [9.17, 15) is 4.39 Å². The van der Waals surface area contributed by atoms with Crippen LogP contribution in [0.25, 0.3) is 0 Å². The van der Waals surface area contributed by atoms with E-state index in [-0.39, 0.29) is 5.82 Å². The first-order valence-corrected chi connectivity index (χ1v) is 7.84. The highest BCUT2D eigenvalue weighted by Gasteiger charge is 2.20. The van der Waals surface area contributed by atoms with Crippen molar-refractivity contribution in [2.45, 2.75) is 38.0 Å². The molecular formula is C16H15Cl2FN2. The SMILES string of the molecule is Fc1ccc(Cc2nc(Cl)cc(C3CCCC3)n2)c(Cl)c1. The third kappa shape index (κ3) is 3.53. The standard InChI is InChI=1S/C16H15Cl2FN2/c17-13-8-12(19)6-5-11(13)7-16-20-14(9-15(18)21-16)10-3-1-2-4-10/h5-6,8-10H,1-4,7H2. The first-order chi connectivity index (χ1) is 10.1. The Kier molecular flexibility index (Phi) is 4.41. The molecule has 0 unspecified atom stereocenters. The summed E-state index contributed by atoms with van der Waals surface area (Å²) >= 11 is 12.2. The van der Waals surface area contributed by atoms with Crippen molar-refractivity contribution in [2.24, 2.45) is 0 Å². The molecule has 110 valence electrons. The minimum atomic E-state index is -0.345. The summed E-state index contributed by atoms with van der Waals surface area (Å²) in [6.45, 7) is 0. The fourth-order valence-corrected chi connectivity index (χ4v) is 3.27. The lowest BCUT2D eigenvalue weighted by molar-refractivity contribution is 0.627. The molecule has 1 aliphatic carbocycles. The van der Waals surface area contributed by atoms with Crippen LogP contribution in [-0.4, -0.2) is 9.97 Å². The zero-order valence-corrected chi connectivity index (χ0v) is 13.0. The van der Waals surface area contributed by atoms with Crippen LogP contribution in [0.3, 0.4) is 0 Å². The Morgan fingerprint density at radius 1 is 1.10 bits per heavy atom. The van der Waals surface area contributed by atoms with Gasteiger partial charge in [0, 0.05) is 23.1 Å². The van der Waals surface area contributed by atoms with Crippen molar-refractivity contribution in [2.75, 3.05) is 0 Å². The van der Waals surface area contributed by atoms with Crippen LogP contribution in [0.15, 0.2) is 24.3 Å². The van der Waals surface area contributed by atoms with Gasteiger partial charge in [-0.3, -0.25) is 0 Å². The number of rotatable bonds is 3. The van der Waals surface area contributed by atoms with Crippen molar-refractivity contribution in [1.82, 2.24) is 9.97 Å². The van der Waals surface area contributed by atoms with Gasteiger partial charge >= 0.3 is 0 Å². The molecule has 0 radical (unpaired) electrons. The van der Waals surface area contributed by atoms with Crippen molar-refractivity contribution in [3.05, 3.63) is 57.3 Å². The molecule has 1 aromatic heterocycles. The number of halogens is 3. The van der Waals surface area contributed by atoms with Crippen molar-refractivity contribution < 1.29 is 4.39 Å². The Hall–Kier alpha value is -1.19. The predicted molar refractivity (Wildman–Crippen MR) is 82.5 cm³/mol. The quantitative estimate of drug-likeness (QED) is 0.728. The average Bonchev–Trinajstić information content (AvgIpc) is 2.95. The molecule has 1 heterocycles. The van der Waals surface area contributed by atoms with Gasteiger partial charge in [0.1, 0.15) is 16.8 Å². The first kappa shape index (κ1) is 14.7. The van der Waals surface area contributed by atoms with Crippen LogP contribution in [-0.2, 0) is 6.42 Å². The minimum Gasteiger partial charge on any atom is -0.237 e. The Morgan fingerprint density at radius 2 is 1.86 bits per heavy atom. The van der Waals surface area contributed by atoms with Crippen LogP contribution in [0.2, 0.25) is 10.2 Å². The van der Waals surface area contributed by atoms with Gasteiger partial charge in [-0.25, -0.2) is 14.4 Å². The number of hydrogen-bond donors (Lipinski definition) is 0. The summed E-state index contributed by atoms with van der Waals surface area (Å²) in [5, 5.41) is 0.848. The highest BCUT2D eigenvalue weighted by atomic mass is 35.5. The van der Waals surface area contributed by atoms with Gasteiger partial charge in [0.2, 0.25) is 0 Å². The van der Waals surface area contributed by atoms with Crippen LogP contribution in [0.5, 0.6) is 0 Å². The second kappa shape index (κ2) is 6.29. The average molecular weight is 325 g/mol. The molecule has 0 N–H and O–H groups in total. The van der Waals surface area contributed by atoms with Gasteiger partial charge in [0.25, 0.3) is 0 Å². The van der Waals surface area contributed by atoms with Crippen molar-refractivity contribution in [3.63, 3.8) is 0 Å². The number of aromatic nitrogens is 2. The monoisotopic (exact) mass is 324 g/mol. The summed E-state index contributed by atoms with van der Waals surface area (Å²) in [6.07, 6.45) is 5.25. The minimum absolute atomic E-state index is 0.345. The maximum atomic E-state index is 13.1. The third-order valence-corrected chi connectivity index (χ3v) is 4.44. The number of benzene rings is 1. The molecule has 3 rings (SSSR count). The largest absolute Gasteiger partial charge is 0.237 e. The summed E-state index contributed by atoms with van der Waals surface area (Å²) in [6, 6.07) is 6.22. The van der Waals surface area contributed by atoms with E-state index in [0.29, 0.717) is 28.3 Å². The zero-order chi connectivity index (χ0) is 14.8. The molecule has 1 fully saturated rings. The highest BCUT2D eigenvalue weighted by Crippen LogP contribution is 2.34. The van der Waals surface area contributed by atoms with E-state index in [2.05, 4.69) is 9.97 Å². The van der Waals surface area contributed by atoms with E-state index in [0.717, 1.165) is 24.1 Å². The molecule has 5 heteroatoms. The maximum Gasteiger partial charge on any atom is 0.134 e. The van der Waals surface area contributed by atoms with E-state index in [1.165, 1.54) is 25.0 Å². The van der Waals surface area contributed by atoms with Gasteiger partial charge in [-0.1, -0.05) is 42.1 Å². The van der Waals surface area contributed by atoms with Crippen LogP contribution < -0.4 is 0 Å². The predicted octanol–water partition coefficient (Wildman–Crippen LogP) is 5.17. The highest BCUT2D eigenvalue weighted by molar-refractivity contribution is 6.31. The molecule has 2 aromatic rings. The van der Waals surface area contributed by atoms with E-state index >= 15 is 0 Å². The van der Waals surface area contributed by atoms with Gasteiger partial charge in [-0.15, -0.1) is 0 Å². The van der Waals surface area contributed by atoms with Gasteiger partial charge in [-0.05, 0) is 36.6 Å². The summed E-state index contributed by atoms with van der Waals surface area (Å²) < 4.78 is 13.1. The first-order valence-electron chi connectivity index (χ1n) is 7.09. The maximum absolute atomic E-state index is 13.1. The lowest BCUT2D eigenvalue weighted by atomic mass is 10.0. The van der Waals surface area contributed by atoms with Crippen LogP contribution >= 0.6 is 23.2 Å². The van der Waals surface area contributed by atoms with Gasteiger partial charge in [0.15, 0.2) is 0 Å².